The number of nitrogens with one attached hydrogen (secondary N) is 2. The van der Waals surface area contributed by atoms with Crippen molar-refractivity contribution in [2.75, 3.05) is 18.8 Å². The average Bonchev–Trinajstić information content (AvgIpc) is 3.17. The van der Waals surface area contributed by atoms with Crippen LogP contribution in [-0.2, 0) is 21.1 Å². The number of urea groups is 1. The van der Waals surface area contributed by atoms with E-state index in [4.69, 9.17) is 0 Å². The number of amides is 3. The lowest BCUT2D eigenvalue weighted by molar-refractivity contribution is -0.121. The highest BCUT2D eigenvalue weighted by atomic mass is 32.2. The average molecular weight is 386 g/mol. The molecule has 1 aromatic heterocycles. The third kappa shape index (κ3) is 3.98. The zero-order valence-corrected chi connectivity index (χ0v) is 15.9. The van der Waals surface area contributed by atoms with Gasteiger partial charge >= 0.3 is 6.03 Å². The van der Waals surface area contributed by atoms with E-state index in [1.807, 2.05) is 30.7 Å². The molecule has 2 aliphatic heterocycles. The molecule has 3 atom stereocenters. The largest absolute Gasteiger partial charge is 0.352 e. The highest BCUT2D eigenvalue weighted by Crippen LogP contribution is 2.34. The minimum atomic E-state index is -3.31. The Hall–Kier alpha value is -1.61. The summed E-state index contributed by atoms with van der Waals surface area (Å²) in [6.07, 6.45) is 0.245. The zero-order chi connectivity index (χ0) is 18.2. The van der Waals surface area contributed by atoms with Crippen molar-refractivity contribution < 1.29 is 18.0 Å². The van der Waals surface area contributed by atoms with E-state index in [9.17, 15) is 18.0 Å². The number of hydrogen-bond acceptors (Lipinski definition) is 5. The number of likely N-dealkylation sites (tertiary alicyclic amines) is 1. The molecule has 3 amide bonds. The Morgan fingerprint density at radius 3 is 2.76 bits per heavy atom. The van der Waals surface area contributed by atoms with Crippen LogP contribution in [0.5, 0.6) is 0 Å². The highest BCUT2D eigenvalue weighted by molar-refractivity contribution is 7.92. The molecule has 2 fully saturated rings. The van der Waals surface area contributed by atoms with E-state index in [-0.39, 0.29) is 42.6 Å². The molecule has 1 aromatic rings. The molecule has 25 heavy (non-hydrogen) atoms. The van der Waals surface area contributed by atoms with Crippen molar-refractivity contribution in [3.05, 3.63) is 22.4 Å². The van der Waals surface area contributed by atoms with Crippen LogP contribution in [0.25, 0.3) is 0 Å². The topological polar surface area (TPSA) is 95.6 Å². The number of nitrogens with zero attached hydrogens (tertiary/aromatic N) is 1. The van der Waals surface area contributed by atoms with Crippen LogP contribution < -0.4 is 10.6 Å². The van der Waals surface area contributed by atoms with Gasteiger partial charge in [0, 0.05) is 31.1 Å². The number of fused-ring (bicyclic) bond motifs is 1. The van der Waals surface area contributed by atoms with Crippen molar-refractivity contribution in [1.29, 1.82) is 0 Å². The molecular formula is C16H23N3O4S2. The Morgan fingerprint density at radius 2 is 2.12 bits per heavy atom. The van der Waals surface area contributed by atoms with Gasteiger partial charge in [0.15, 0.2) is 9.84 Å². The van der Waals surface area contributed by atoms with E-state index in [0.29, 0.717) is 6.54 Å². The molecule has 0 spiro atoms. The van der Waals surface area contributed by atoms with Crippen LogP contribution >= 0.6 is 11.3 Å². The van der Waals surface area contributed by atoms with Gasteiger partial charge < -0.3 is 15.5 Å². The summed E-state index contributed by atoms with van der Waals surface area (Å²) in [4.78, 5) is 26.0. The van der Waals surface area contributed by atoms with Gasteiger partial charge in [0.1, 0.15) is 0 Å². The van der Waals surface area contributed by atoms with Crippen molar-refractivity contribution in [2.24, 2.45) is 5.92 Å². The molecule has 0 aliphatic carbocycles. The molecule has 9 heteroatoms. The lowest BCUT2D eigenvalue weighted by Gasteiger charge is -2.22. The Labute approximate surface area is 151 Å². The molecule has 0 saturated carbocycles. The van der Waals surface area contributed by atoms with Gasteiger partial charge in [-0.2, -0.15) is 11.3 Å². The van der Waals surface area contributed by atoms with Gasteiger partial charge in [-0.05, 0) is 36.2 Å². The quantitative estimate of drug-likeness (QED) is 0.794. The van der Waals surface area contributed by atoms with Crippen molar-refractivity contribution in [3.8, 4) is 0 Å². The number of sulfone groups is 1. The number of rotatable bonds is 4. The van der Waals surface area contributed by atoms with E-state index in [1.165, 1.54) is 11.3 Å². The van der Waals surface area contributed by atoms with Gasteiger partial charge in [-0.15, -0.1) is 0 Å². The zero-order valence-electron chi connectivity index (χ0n) is 14.3. The van der Waals surface area contributed by atoms with E-state index < -0.39 is 21.1 Å². The van der Waals surface area contributed by atoms with Crippen molar-refractivity contribution >= 4 is 33.1 Å². The lowest BCUT2D eigenvalue weighted by atomic mass is 10.0. The number of carbonyl (C=O) groups is 2. The van der Waals surface area contributed by atoms with Crippen molar-refractivity contribution in [3.63, 3.8) is 0 Å². The second-order valence-electron chi connectivity index (χ2n) is 7.02. The van der Waals surface area contributed by atoms with Gasteiger partial charge in [0.2, 0.25) is 5.91 Å². The standard InChI is InChI=1S/C16H23N3O4S2/c1-10(2)17-16(21)19-6-12-13(9-25(22,23)14(12)7-19)18-15(20)5-11-3-4-24-8-11/h3-4,8,10,12-14H,5-7,9H2,1-2H3,(H,17,21)(H,18,20)/t12-,13+,14-/m0/s1. The first-order valence-electron chi connectivity index (χ1n) is 8.33. The Kier molecular flexibility index (Phi) is 5.06. The Bertz CT molecular complexity index is 745. The maximum absolute atomic E-state index is 12.4. The molecule has 0 radical (unpaired) electrons. The summed E-state index contributed by atoms with van der Waals surface area (Å²) in [5, 5.41) is 8.89. The van der Waals surface area contributed by atoms with E-state index in [0.717, 1.165) is 5.56 Å². The van der Waals surface area contributed by atoms with Crippen LogP contribution in [0.1, 0.15) is 19.4 Å². The first kappa shape index (κ1) is 18.2. The monoisotopic (exact) mass is 385 g/mol. The van der Waals surface area contributed by atoms with Gasteiger partial charge in [-0.25, -0.2) is 13.2 Å². The predicted octanol–water partition coefficient (Wildman–Crippen LogP) is 0.622. The molecule has 2 N–H and O–H groups in total. The minimum absolute atomic E-state index is 0.00865. The summed E-state index contributed by atoms with van der Waals surface area (Å²) < 4.78 is 24.9. The summed E-state index contributed by atoms with van der Waals surface area (Å²) in [6, 6.07) is 1.19. The fraction of sp³-hybridized carbons (Fsp3) is 0.625. The summed E-state index contributed by atoms with van der Waals surface area (Å²) in [6.45, 7) is 4.27. The first-order chi connectivity index (χ1) is 11.8. The molecular weight excluding hydrogens is 362 g/mol. The maximum atomic E-state index is 12.4. The molecule has 138 valence electrons. The van der Waals surface area contributed by atoms with Crippen molar-refractivity contribution in [2.45, 2.75) is 37.6 Å². The maximum Gasteiger partial charge on any atom is 0.317 e. The van der Waals surface area contributed by atoms with Crippen LogP contribution in [0.15, 0.2) is 16.8 Å². The van der Waals surface area contributed by atoms with E-state index in [2.05, 4.69) is 10.6 Å². The third-order valence-electron chi connectivity index (χ3n) is 4.69. The number of thiophene rings is 1. The SMILES string of the molecule is CC(C)NC(=O)N1C[C@H]2[C@H](NC(=O)Cc3ccsc3)CS(=O)(=O)[C@H]2C1. The predicted molar refractivity (Wildman–Crippen MR) is 96.3 cm³/mol. The molecule has 0 unspecified atom stereocenters. The van der Waals surface area contributed by atoms with Crippen LogP contribution in [-0.4, -0.2) is 61.4 Å². The van der Waals surface area contributed by atoms with Gasteiger partial charge in [-0.3, -0.25) is 4.79 Å². The summed E-state index contributed by atoms with van der Waals surface area (Å²) >= 11 is 1.52. The molecule has 3 rings (SSSR count). The third-order valence-corrected chi connectivity index (χ3v) is 7.67. The second kappa shape index (κ2) is 6.95. The van der Waals surface area contributed by atoms with Crippen molar-refractivity contribution in [1.82, 2.24) is 15.5 Å². The van der Waals surface area contributed by atoms with Gasteiger partial charge in [-0.1, -0.05) is 0 Å². The van der Waals surface area contributed by atoms with E-state index >= 15 is 0 Å². The smallest absolute Gasteiger partial charge is 0.317 e. The molecule has 0 bridgehead atoms. The summed E-state index contributed by atoms with van der Waals surface area (Å²) in [7, 11) is -3.31. The van der Waals surface area contributed by atoms with Gasteiger partial charge in [0.05, 0.1) is 17.4 Å². The number of carbonyl (C=O) groups excluding carboxylic acids is 2. The van der Waals surface area contributed by atoms with Gasteiger partial charge in [0.25, 0.3) is 0 Å². The summed E-state index contributed by atoms with van der Waals surface area (Å²) in [5.74, 6) is -0.462. The summed E-state index contributed by atoms with van der Waals surface area (Å²) in [5.41, 5.74) is 0.921. The lowest BCUT2D eigenvalue weighted by Crippen LogP contribution is -2.45. The molecule has 0 aromatic carbocycles. The second-order valence-corrected chi connectivity index (χ2v) is 10.1. The first-order valence-corrected chi connectivity index (χ1v) is 11.0. The fourth-order valence-corrected chi connectivity index (χ4v) is 6.51. The molecule has 2 saturated heterocycles. The van der Waals surface area contributed by atoms with Crippen LogP contribution in [0.4, 0.5) is 4.79 Å². The Balaban J connectivity index is 1.66. The number of hydrogen-bond donors (Lipinski definition) is 2. The minimum Gasteiger partial charge on any atom is -0.352 e. The Morgan fingerprint density at radius 1 is 1.36 bits per heavy atom. The molecule has 2 aliphatic rings. The van der Waals surface area contributed by atoms with Crippen LogP contribution in [0.2, 0.25) is 0 Å². The fourth-order valence-electron chi connectivity index (χ4n) is 3.55. The van der Waals surface area contributed by atoms with E-state index in [1.54, 1.807) is 4.90 Å². The molecule has 3 heterocycles. The van der Waals surface area contributed by atoms with Crippen LogP contribution in [0, 0.1) is 5.92 Å². The van der Waals surface area contributed by atoms with Crippen LogP contribution in [0.3, 0.4) is 0 Å². The normalized spacial score (nSPS) is 27.3. The highest BCUT2D eigenvalue weighted by Gasteiger charge is 2.53. The molecule has 7 nitrogen and oxygen atoms in total.